The quantitative estimate of drug-likeness (QED) is 0.672. The van der Waals surface area contributed by atoms with Gasteiger partial charge in [-0.3, -0.25) is 19.0 Å². The molecule has 0 saturated carbocycles. The first-order valence-corrected chi connectivity index (χ1v) is 12.4. The zero-order valence-corrected chi connectivity index (χ0v) is 16.9. The largest absolute Gasteiger partial charge is 0.299 e. The predicted octanol–water partition coefficient (Wildman–Crippen LogP) is 3.63. The van der Waals surface area contributed by atoms with Crippen LogP contribution in [0.15, 0.2) is 70.6 Å². The van der Waals surface area contributed by atoms with Gasteiger partial charge in [0.2, 0.25) is 9.84 Å². The number of benzene rings is 2. The van der Waals surface area contributed by atoms with Crippen molar-refractivity contribution in [3.63, 3.8) is 0 Å². The van der Waals surface area contributed by atoms with Crippen LogP contribution in [0.25, 0.3) is 10.9 Å². The van der Waals surface area contributed by atoms with Crippen molar-refractivity contribution in [3.8, 4) is 0 Å². The third-order valence-corrected chi connectivity index (χ3v) is 8.41. The molecule has 8 heteroatoms. The predicted molar refractivity (Wildman–Crippen MR) is 111 cm³/mol. The van der Waals surface area contributed by atoms with Gasteiger partial charge in [0.15, 0.2) is 0 Å². The summed E-state index contributed by atoms with van der Waals surface area (Å²) in [4.78, 5) is 7.06. The summed E-state index contributed by atoms with van der Waals surface area (Å²) in [6.07, 6.45) is 1.42. The summed E-state index contributed by atoms with van der Waals surface area (Å²) in [5, 5.41) is 0.774. The number of pyridine rings is 1. The second kappa shape index (κ2) is 7.46. The summed E-state index contributed by atoms with van der Waals surface area (Å²) in [5.41, 5.74) is 1.77. The van der Waals surface area contributed by atoms with E-state index in [0.717, 1.165) is 16.5 Å². The molecule has 0 spiro atoms. The Hall–Kier alpha value is -1.97. The second-order valence-electron chi connectivity index (χ2n) is 6.96. The Balaban J connectivity index is 1.64. The summed E-state index contributed by atoms with van der Waals surface area (Å²) in [5.74, 6) is 0.787. The molecule has 1 fully saturated rings. The summed E-state index contributed by atoms with van der Waals surface area (Å²) in [6, 6.07) is 15.8. The van der Waals surface area contributed by atoms with Crippen LogP contribution in [0, 0.1) is 0 Å². The SMILES string of the molecule is O=S(=O)(c1ccccc1)c1cnc2c(CN3CCS(O)(O)CC3)cccc2c1. The van der Waals surface area contributed by atoms with E-state index in [9.17, 15) is 17.5 Å². The molecule has 3 aromatic rings. The van der Waals surface area contributed by atoms with Gasteiger partial charge in [-0.15, -0.1) is 0 Å². The molecule has 1 saturated heterocycles. The summed E-state index contributed by atoms with van der Waals surface area (Å²) in [7, 11) is -6.03. The van der Waals surface area contributed by atoms with E-state index in [-0.39, 0.29) is 9.79 Å². The number of fused-ring (bicyclic) bond motifs is 1. The fourth-order valence-electron chi connectivity index (χ4n) is 3.38. The lowest BCUT2D eigenvalue weighted by molar-refractivity contribution is 0.279. The number of rotatable bonds is 4. The van der Waals surface area contributed by atoms with Crippen LogP contribution >= 0.6 is 10.6 Å². The summed E-state index contributed by atoms with van der Waals surface area (Å²) < 4.78 is 45.2. The molecule has 1 aliphatic heterocycles. The molecule has 1 aromatic heterocycles. The van der Waals surface area contributed by atoms with E-state index in [1.54, 1.807) is 36.4 Å². The van der Waals surface area contributed by atoms with Gasteiger partial charge in [-0.1, -0.05) is 36.4 Å². The molecule has 0 aliphatic carbocycles. The van der Waals surface area contributed by atoms with Crippen LogP contribution in [-0.2, 0) is 16.4 Å². The molecule has 4 rings (SSSR count). The van der Waals surface area contributed by atoms with Gasteiger partial charge in [-0.2, -0.15) is 10.6 Å². The van der Waals surface area contributed by atoms with Crippen molar-refractivity contribution in [2.45, 2.75) is 16.3 Å². The highest BCUT2D eigenvalue weighted by atomic mass is 32.3. The Morgan fingerprint density at radius 3 is 2.39 bits per heavy atom. The maximum Gasteiger partial charge on any atom is 0.208 e. The average molecular weight is 419 g/mol. The van der Waals surface area contributed by atoms with Crippen LogP contribution in [-0.4, -0.2) is 52.0 Å². The maximum absolute atomic E-state index is 12.8. The lowest BCUT2D eigenvalue weighted by Crippen LogP contribution is -2.37. The van der Waals surface area contributed by atoms with E-state index in [4.69, 9.17) is 0 Å². The van der Waals surface area contributed by atoms with Crippen molar-refractivity contribution in [1.82, 2.24) is 9.88 Å². The van der Waals surface area contributed by atoms with Gasteiger partial charge in [0.05, 0.1) is 26.8 Å². The molecule has 1 aliphatic rings. The second-order valence-corrected chi connectivity index (χ2v) is 11.3. The normalized spacial score (nSPS) is 18.8. The van der Waals surface area contributed by atoms with Crippen molar-refractivity contribution < 1.29 is 17.5 Å². The fraction of sp³-hybridized carbons (Fsp3) is 0.250. The molecule has 2 aromatic carbocycles. The molecule has 2 heterocycles. The third kappa shape index (κ3) is 3.92. The molecule has 6 nitrogen and oxygen atoms in total. The van der Waals surface area contributed by atoms with Gasteiger partial charge >= 0.3 is 0 Å². The van der Waals surface area contributed by atoms with E-state index in [2.05, 4.69) is 9.88 Å². The highest BCUT2D eigenvalue weighted by molar-refractivity contribution is 8.24. The van der Waals surface area contributed by atoms with Gasteiger partial charge in [-0.05, 0) is 23.8 Å². The molecular weight excluding hydrogens is 396 g/mol. The first-order chi connectivity index (χ1) is 13.4. The number of aromatic nitrogens is 1. The van der Waals surface area contributed by atoms with Crippen molar-refractivity contribution >= 4 is 31.3 Å². The Kier molecular flexibility index (Phi) is 5.15. The Morgan fingerprint density at radius 2 is 1.68 bits per heavy atom. The fourth-order valence-corrected chi connectivity index (χ4v) is 5.94. The average Bonchev–Trinajstić information content (AvgIpc) is 2.70. The standard InChI is InChI=1S/C20H22N2O4S2/c23-27(24)11-9-22(10-12-27)15-17-6-4-5-16-13-19(14-21-20(16)17)28(25,26)18-7-2-1-3-8-18/h1-8,13-14,23-24H,9-12,15H2. The van der Waals surface area contributed by atoms with Crippen molar-refractivity contribution in [2.75, 3.05) is 24.6 Å². The number of hydrogen-bond donors (Lipinski definition) is 2. The van der Waals surface area contributed by atoms with Gasteiger partial charge in [0.25, 0.3) is 0 Å². The lowest BCUT2D eigenvalue weighted by Gasteiger charge is -2.41. The Bertz CT molecular complexity index is 1090. The minimum Gasteiger partial charge on any atom is -0.299 e. The molecule has 0 atom stereocenters. The Labute approximate surface area is 166 Å². The molecular formula is C20H22N2O4S2. The zero-order valence-electron chi connectivity index (χ0n) is 15.2. The smallest absolute Gasteiger partial charge is 0.208 e. The van der Waals surface area contributed by atoms with Crippen LogP contribution in [0.5, 0.6) is 0 Å². The van der Waals surface area contributed by atoms with Crippen LogP contribution in [0.3, 0.4) is 0 Å². The Morgan fingerprint density at radius 1 is 0.964 bits per heavy atom. The van der Waals surface area contributed by atoms with Gasteiger partial charge in [0, 0.05) is 31.2 Å². The van der Waals surface area contributed by atoms with E-state index >= 15 is 0 Å². The molecule has 0 radical (unpaired) electrons. The van der Waals surface area contributed by atoms with Crippen LogP contribution in [0.1, 0.15) is 5.56 Å². The minimum atomic E-state index is -3.61. The molecule has 2 N–H and O–H groups in total. The summed E-state index contributed by atoms with van der Waals surface area (Å²) >= 11 is 0. The third-order valence-electron chi connectivity index (χ3n) is 5.00. The molecule has 0 bridgehead atoms. The molecule has 0 amide bonds. The van der Waals surface area contributed by atoms with E-state index in [0.29, 0.717) is 31.1 Å². The van der Waals surface area contributed by atoms with E-state index in [1.807, 2.05) is 18.2 Å². The van der Waals surface area contributed by atoms with Gasteiger partial charge < -0.3 is 0 Å². The monoisotopic (exact) mass is 418 g/mol. The topological polar surface area (TPSA) is 90.7 Å². The minimum absolute atomic E-state index is 0.176. The van der Waals surface area contributed by atoms with Crippen molar-refractivity contribution in [3.05, 3.63) is 66.4 Å². The maximum atomic E-state index is 12.8. The molecule has 0 unspecified atom stereocenters. The first-order valence-electron chi connectivity index (χ1n) is 8.99. The lowest BCUT2D eigenvalue weighted by atomic mass is 10.1. The number of nitrogens with zero attached hydrogens (tertiary/aromatic N) is 2. The van der Waals surface area contributed by atoms with E-state index < -0.39 is 20.4 Å². The van der Waals surface area contributed by atoms with Crippen LogP contribution in [0.2, 0.25) is 0 Å². The molecule has 28 heavy (non-hydrogen) atoms. The highest BCUT2D eigenvalue weighted by Crippen LogP contribution is 2.40. The highest BCUT2D eigenvalue weighted by Gasteiger charge is 2.23. The zero-order chi connectivity index (χ0) is 19.8. The number of para-hydroxylation sites is 1. The van der Waals surface area contributed by atoms with E-state index in [1.165, 1.54) is 6.20 Å². The van der Waals surface area contributed by atoms with Crippen LogP contribution in [0.4, 0.5) is 0 Å². The number of hydrogen-bond acceptors (Lipinski definition) is 6. The molecule has 148 valence electrons. The van der Waals surface area contributed by atoms with Crippen molar-refractivity contribution in [1.29, 1.82) is 0 Å². The number of sulfone groups is 1. The summed E-state index contributed by atoms with van der Waals surface area (Å²) in [6.45, 7) is 1.89. The van der Waals surface area contributed by atoms with Crippen LogP contribution < -0.4 is 0 Å². The van der Waals surface area contributed by atoms with Gasteiger partial charge in [-0.25, -0.2) is 8.42 Å². The first kappa shape index (κ1) is 19.4. The van der Waals surface area contributed by atoms with Gasteiger partial charge in [0.1, 0.15) is 0 Å². The van der Waals surface area contributed by atoms with Crippen molar-refractivity contribution in [2.24, 2.45) is 0 Å².